The van der Waals surface area contributed by atoms with Crippen LogP contribution in [0.3, 0.4) is 0 Å². The molecule has 3 rings (SSSR count). The zero-order valence-electron chi connectivity index (χ0n) is 14.5. The minimum atomic E-state index is -0.458. The molecule has 9 heteroatoms. The van der Waals surface area contributed by atoms with E-state index in [1.807, 2.05) is 47.2 Å². The fourth-order valence-electron chi connectivity index (χ4n) is 2.38. The summed E-state index contributed by atoms with van der Waals surface area (Å²) in [4.78, 5) is 22.9. The number of benzene rings is 2. The number of nitro benzene ring substituents is 1. The van der Waals surface area contributed by atoms with Crippen LogP contribution in [0.5, 0.6) is 0 Å². The number of aromatic nitrogens is 1. The van der Waals surface area contributed by atoms with Gasteiger partial charge in [-0.25, -0.2) is 5.43 Å². The van der Waals surface area contributed by atoms with Gasteiger partial charge in [-0.3, -0.25) is 14.9 Å². The highest BCUT2D eigenvalue weighted by molar-refractivity contribution is 9.10. The molecule has 0 aliphatic heterocycles. The molecule has 0 fully saturated rings. The summed E-state index contributed by atoms with van der Waals surface area (Å²) in [6, 6.07) is 17.7. The highest BCUT2D eigenvalue weighted by atomic mass is 79.9. The minimum absolute atomic E-state index is 0.0202. The van der Waals surface area contributed by atoms with E-state index in [4.69, 9.17) is 0 Å². The summed E-state index contributed by atoms with van der Waals surface area (Å²) < 4.78 is 2.92. The molecular weight excluding hydrogens is 444 g/mol. The number of hydrogen-bond donors (Lipinski definition) is 1. The molecule has 2 aromatic carbocycles. The molecule has 1 aromatic heterocycles. The second kappa shape index (κ2) is 9.34. The molecular formula is C19H15BrN4O3S. The molecule has 0 radical (unpaired) electrons. The van der Waals surface area contributed by atoms with Crippen LogP contribution in [-0.2, 0) is 4.79 Å². The van der Waals surface area contributed by atoms with Crippen LogP contribution >= 0.6 is 27.7 Å². The number of nitrogens with one attached hydrogen (secondary N) is 1. The van der Waals surface area contributed by atoms with Crippen LogP contribution in [-0.4, -0.2) is 27.4 Å². The van der Waals surface area contributed by atoms with Crippen molar-refractivity contribution < 1.29 is 9.72 Å². The third-order valence-electron chi connectivity index (χ3n) is 3.67. The Bertz CT molecular complexity index is 1020. The monoisotopic (exact) mass is 458 g/mol. The second-order valence-electron chi connectivity index (χ2n) is 5.62. The van der Waals surface area contributed by atoms with Gasteiger partial charge in [-0.2, -0.15) is 5.10 Å². The lowest BCUT2D eigenvalue weighted by Gasteiger charge is -2.06. The van der Waals surface area contributed by atoms with E-state index in [9.17, 15) is 14.9 Å². The van der Waals surface area contributed by atoms with E-state index < -0.39 is 4.92 Å². The van der Waals surface area contributed by atoms with Gasteiger partial charge in [0.15, 0.2) is 0 Å². The van der Waals surface area contributed by atoms with Crippen LogP contribution in [0.4, 0.5) is 5.69 Å². The Morgan fingerprint density at radius 1 is 1.21 bits per heavy atom. The van der Waals surface area contributed by atoms with E-state index in [-0.39, 0.29) is 17.3 Å². The van der Waals surface area contributed by atoms with Crippen molar-refractivity contribution in [3.05, 3.63) is 87.1 Å². The van der Waals surface area contributed by atoms with Crippen LogP contribution in [0, 0.1) is 10.1 Å². The van der Waals surface area contributed by atoms with Gasteiger partial charge in [-0.05, 0) is 42.5 Å². The summed E-state index contributed by atoms with van der Waals surface area (Å²) in [6.45, 7) is 0. The first kappa shape index (κ1) is 19.8. The number of hydrazone groups is 1. The van der Waals surface area contributed by atoms with Crippen molar-refractivity contribution in [3.63, 3.8) is 0 Å². The van der Waals surface area contributed by atoms with Crippen LogP contribution in [0.1, 0.15) is 5.69 Å². The van der Waals surface area contributed by atoms with Crippen LogP contribution in [0.2, 0.25) is 0 Å². The van der Waals surface area contributed by atoms with Gasteiger partial charge < -0.3 is 4.57 Å². The van der Waals surface area contributed by atoms with Gasteiger partial charge in [0.25, 0.3) is 5.69 Å². The number of carbonyl (C=O) groups is 1. The molecule has 1 N–H and O–H groups in total. The maximum atomic E-state index is 12.0. The number of amides is 1. The van der Waals surface area contributed by atoms with Crippen LogP contribution in [0.15, 0.2) is 81.3 Å². The molecule has 28 heavy (non-hydrogen) atoms. The first-order valence-electron chi connectivity index (χ1n) is 8.15. The number of hydrogen-bond acceptors (Lipinski definition) is 5. The molecule has 142 valence electrons. The Hall–Kier alpha value is -2.91. The number of rotatable bonds is 7. The molecule has 0 unspecified atom stereocenters. The van der Waals surface area contributed by atoms with Gasteiger partial charge in [-0.15, -0.1) is 11.8 Å². The van der Waals surface area contributed by atoms with E-state index in [1.54, 1.807) is 18.3 Å². The number of halogens is 1. The van der Waals surface area contributed by atoms with Gasteiger partial charge >= 0.3 is 0 Å². The molecule has 0 aliphatic carbocycles. The van der Waals surface area contributed by atoms with E-state index in [0.717, 1.165) is 20.7 Å². The van der Waals surface area contributed by atoms with Gasteiger partial charge in [-0.1, -0.05) is 22.0 Å². The van der Waals surface area contributed by atoms with Crippen molar-refractivity contribution in [2.45, 2.75) is 4.90 Å². The zero-order valence-corrected chi connectivity index (χ0v) is 16.9. The lowest BCUT2D eigenvalue weighted by atomic mass is 10.3. The topological polar surface area (TPSA) is 89.5 Å². The fraction of sp³-hybridized carbons (Fsp3) is 0.0526. The predicted octanol–water partition coefficient (Wildman–Crippen LogP) is 4.39. The summed E-state index contributed by atoms with van der Waals surface area (Å²) in [6.07, 6.45) is 3.49. The number of nitro groups is 1. The lowest BCUT2D eigenvalue weighted by Crippen LogP contribution is -2.19. The molecule has 1 heterocycles. The van der Waals surface area contributed by atoms with Crippen molar-refractivity contribution >= 4 is 45.5 Å². The Morgan fingerprint density at radius 3 is 2.71 bits per heavy atom. The van der Waals surface area contributed by atoms with Gasteiger partial charge in [0, 0.05) is 33.4 Å². The molecule has 1 amide bonds. The van der Waals surface area contributed by atoms with E-state index >= 15 is 0 Å². The lowest BCUT2D eigenvalue weighted by molar-refractivity contribution is -0.384. The third-order valence-corrected chi connectivity index (χ3v) is 5.18. The molecule has 3 aromatic rings. The molecule has 0 atom stereocenters. The Kier molecular flexibility index (Phi) is 6.62. The van der Waals surface area contributed by atoms with Gasteiger partial charge in [0.1, 0.15) is 0 Å². The Balaban J connectivity index is 1.54. The Morgan fingerprint density at radius 2 is 2.00 bits per heavy atom. The maximum absolute atomic E-state index is 12.0. The number of carbonyl (C=O) groups excluding carboxylic acids is 1. The summed E-state index contributed by atoms with van der Waals surface area (Å²) in [7, 11) is 0. The smallest absolute Gasteiger partial charge is 0.269 e. The molecule has 0 spiro atoms. The van der Waals surface area contributed by atoms with E-state index in [1.165, 1.54) is 23.9 Å². The first-order valence-corrected chi connectivity index (χ1v) is 9.93. The van der Waals surface area contributed by atoms with Crippen LogP contribution in [0.25, 0.3) is 5.69 Å². The number of thioether (sulfide) groups is 1. The highest BCUT2D eigenvalue weighted by Gasteiger charge is 2.06. The number of nitrogens with zero attached hydrogens (tertiary/aromatic N) is 3. The third kappa shape index (κ3) is 5.30. The first-order chi connectivity index (χ1) is 13.5. The normalized spacial score (nSPS) is 10.9. The summed E-state index contributed by atoms with van der Waals surface area (Å²) in [5.74, 6) is -0.109. The highest BCUT2D eigenvalue weighted by Crippen LogP contribution is 2.21. The summed E-state index contributed by atoms with van der Waals surface area (Å²) >= 11 is 4.73. The van der Waals surface area contributed by atoms with Crippen molar-refractivity contribution in [1.82, 2.24) is 9.99 Å². The predicted molar refractivity (Wildman–Crippen MR) is 113 cm³/mol. The largest absolute Gasteiger partial charge is 0.316 e. The molecule has 7 nitrogen and oxygen atoms in total. The molecule has 0 saturated carbocycles. The standard InChI is InChI=1S/C19H15BrN4O3S/c20-14-3-1-4-16(11-14)23-10-2-5-17(23)12-21-22-19(25)13-28-18-8-6-15(7-9-18)24(26)27/h1-12H,13H2,(H,22,25)/b21-12-. The van der Waals surface area contributed by atoms with Crippen molar-refractivity contribution in [2.75, 3.05) is 5.75 Å². The van der Waals surface area contributed by atoms with Crippen molar-refractivity contribution in [2.24, 2.45) is 5.10 Å². The Labute approximate surface area is 173 Å². The quantitative estimate of drug-likeness (QED) is 0.246. The number of non-ortho nitro benzene ring substituents is 1. The average Bonchev–Trinajstić information content (AvgIpc) is 3.15. The summed E-state index contributed by atoms with van der Waals surface area (Å²) in [5.41, 5.74) is 4.30. The van der Waals surface area contributed by atoms with E-state index in [0.29, 0.717) is 0 Å². The molecule has 0 aliphatic rings. The zero-order chi connectivity index (χ0) is 19.9. The van der Waals surface area contributed by atoms with Crippen LogP contribution < -0.4 is 5.43 Å². The average molecular weight is 459 g/mol. The second-order valence-corrected chi connectivity index (χ2v) is 7.58. The van der Waals surface area contributed by atoms with Gasteiger partial charge in [0.05, 0.1) is 22.6 Å². The minimum Gasteiger partial charge on any atom is -0.316 e. The van der Waals surface area contributed by atoms with Crippen molar-refractivity contribution in [1.29, 1.82) is 0 Å². The van der Waals surface area contributed by atoms with Gasteiger partial charge in [0.2, 0.25) is 5.91 Å². The summed E-state index contributed by atoms with van der Waals surface area (Å²) in [5, 5.41) is 14.7. The molecule has 0 bridgehead atoms. The SMILES string of the molecule is O=C(CSc1ccc([N+](=O)[O-])cc1)N/N=C\c1cccn1-c1cccc(Br)c1. The maximum Gasteiger partial charge on any atom is 0.269 e. The molecule has 0 saturated heterocycles. The fourth-order valence-corrected chi connectivity index (χ4v) is 3.45. The van der Waals surface area contributed by atoms with E-state index in [2.05, 4.69) is 26.5 Å². The van der Waals surface area contributed by atoms with Crippen molar-refractivity contribution in [3.8, 4) is 5.69 Å².